The maximum atomic E-state index is 13.5. The molecule has 1 heterocycles. The predicted octanol–water partition coefficient (Wildman–Crippen LogP) is 3.60. The molecule has 0 spiro atoms. The lowest BCUT2D eigenvalue weighted by atomic mass is 9.93. The van der Waals surface area contributed by atoms with E-state index >= 15 is 0 Å². The number of imide groups is 1. The fourth-order valence-corrected chi connectivity index (χ4v) is 5.43. The van der Waals surface area contributed by atoms with Gasteiger partial charge in [0.1, 0.15) is 5.75 Å². The van der Waals surface area contributed by atoms with Crippen LogP contribution in [0.25, 0.3) is 10.8 Å². The summed E-state index contributed by atoms with van der Waals surface area (Å²) in [4.78, 5) is 57.1. The number of hydrogen-bond donors (Lipinski definition) is 2. The third-order valence-electron chi connectivity index (χ3n) is 7.20. The summed E-state index contributed by atoms with van der Waals surface area (Å²) in [6, 6.07) is 15.6. The molecular formula is C32H37Cl2N5O5. The first-order valence-electron chi connectivity index (χ1n) is 14.5. The van der Waals surface area contributed by atoms with E-state index in [4.69, 9.17) is 27.9 Å². The van der Waals surface area contributed by atoms with Gasteiger partial charge in [0.05, 0.1) is 5.56 Å². The molecule has 0 bridgehead atoms. The maximum absolute atomic E-state index is 13.5. The molecule has 0 unspecified atom stereocenters. The summed E-state index contributed by atoms with van der Waals surface area (Å²) in [6.07, 6.45) is 0.815. The van der Waals surface area contributed by atoms with Gasteiger partial charge in [0.25, 0.3) is 23.6 Å². The summed E-state index contributed by atoms with van der Waals surface area (Å²) in [6.45, 7) is 2.51. The quantitative estimate of drug-likeness (QED) is 0.140. The molecule has 0 aromatic heterocycles. The highest BCUT2D eigenvalue weighted by atomic mass is 35.5. The van der Waals surface area contributed by atoms with Gasteiger partial charge in [-0.05, 0) is 74.9 Å². The first-order valence-corrected chi connectivity index (χ1v) is 15.5. The fourth-order valence-electron chi connectivity index (χ4n) is 5.02. The van der Waals surface area contributed by atoms with Crippen LogP contribution in [-0.4, -0.2) is 105 Å². The monoisotopic (exact) mass is 641 g/mol. The average Bonchev–Trinajstić information content (AvgIpc) is 3.02. The van der Waals surface area contributed by atoms with Crippen LogP contribution in [-0.2, 0) is 4.79 Å². The number of halogens is 2. The standard InChI is InChI=1S/C32H37Cl2N5O5/c1-37(2)15-4-13-35-28(40)21-44-25-19-23-5-3-6-26-29(23)27(20-25)32(43)39(31(26)42)18-14-36-30(41)22-7-9-24(10-8-22)38(16-11-33)17-12-34/h3,5-10,19-20H,4,11-18,21H2,1-2H3,(H,35,40)(H,36,41). The van der Waals surface area contributed by atoms with E-state index in [-0.39, 0.29) is 31.5 Å². The normalized spacial score (nSPS) is 12.5. The van der Waals surface area contributed by atoms with Gasteiger partial charge in [-0.3, -0.25) is 24.1 Å². The van der Waals surface area contributed by atoms with Crippen LogP contribution in [0, 0.1) is 0 Å². The van der Waals surface area contributed by atoms with Crippen molar-refractivity contribution in [3.8, 4) is 5.75 Å². The predicted molar refractivity (Wildman–Crippen MR) is 173 cm³/mol. The SMILES string of the molecule is CN(C)CCCNC(=O)COc1cc2c3c(cccc3c1)C(=O)N(CCNC(=O)c1ccc(N(CCCl)CCCl)cc1)C2=O. The summed E-state index contributed by atoms with van der Waals surface area (Å²) in [5, 5.41) is 6.82. The minimum Gasteiger partial charge on any atom is -0.484 e. The zero-order valence-electron chi connectivity index (χ0n) is 24.9. The molecule has 1 aliphatic rings. The van der Waals surface area contributed by atoms with Crippen LogP contribution in [0.2, 0.25) is 0 Å². The molecule has 4 amide bonds. The van der Waals surface area contributed by atoms with Crippen LogP contribution in [0.15, 0.2) is 54.6 Å². The zero-order chi connectivity index (χ0) is 31.6. The van der Waals surface area contributed by atoms with Crippen molar-refractivity contribution in [1.29, 1.82) is 0 Å². The number of amides is 4. The summed E-state index contributed by atoms with van der Waals surface area (Å²) in [5.41, 5.74) is 2.05. The molecular weight excluding hydrogens is 605 g/mol. The third kappa shape index (κ3) is 8.19. The number of benzene rings is 3. The van der Waals surface area contributed by atoms with E-state index in [9.17, 15) is 19.2 Å². The van der Waals surface area contributed by atoms with Crippen LogP contribution < -0.4 is 20.3 Å². The summed E-state index contributed by atoms with van der Waals surface area (Å²) >= 11 is 11.8. The molecule has 4 rings (SSSR count). The molecule has 12 heteroatoms. The topological polar surface area (TPSA) is 111 Å². The molecule has 0 atom stereocenters. The second kappa shape index (κ2) is 15.7. The highest BCUT2D eigenvalue weighted by molar-refractivity contribution is 6.25. The van der Waals surface area contributed by atoms with E-state index in [2.05, 4.69) is 10.6 Å². The zero-order valence-corrected chi connectivity index (χ0v) is 26.4. The Labute approximate surface area is 267 Å². The minimum atomic E-state index is -0.491. The van der Waals surface area contributed by atoms with Crippen molar-refractivity contribution in [2.45, 2.75) is 6.42 Å². The summed E-state index contributed by atoms with van der Waals surface area (Å²) < 4.78 is 5.73. The number of anilines is 1. The number of ether oxygens (including phenoxy) is 1. The van der Waals surface area contributed by atoms with Crippen LogP contribution in [0.4, 0.5) is 5.69 Å². The number of carbonyl (C=O) groups excluding carboxylic acids is 4. The molecule has 1 aliphatic heterocycles. The molecule has 0 saturated heterocycles. The van der Waals surface area contributed by atoms with Crippen molar-refractivity contribution < 1.29 is 23.9 Å². The Kier molecular flexibility index (Phi) is 11.8. The molecule has 2 N–H and O–H groups in total. The minimum absolute atomic E-state index is 0.0169. The van der Waals surface area contributed by atoms with Gasteiger partial charge in [0.2, 0.25) is 0 Å². The number of nitrogens with one attached hydrogen (secondary N) is 2. The van der Waals surface area contributed by atoms with Crippen molar-refractivity contribution in [1.82, 2.24) is 20.4 Å². The Bertz CT molecular complexity index is 1490. The maximum Gasteiger partial charge on any atom is 0.261 e. The molecule has 234 valence electrons. The lowest BCUT2D eigenvalue weighted by molar-refractivity contribution is -0.123. The Morgan fingerprint density at radius 2 is 1.57 bits per heavy atom. The molecule has 3 aromatic rings. The van der Waals surface area contributed by atoms with Gasteiger partial charge in [-0.1, -0.05) is 12.1 Å². The lowest BCUT2D eigenvalue weighted by Gasteiger charge is -2.27. The Balaban J connectivity index is 1.39. The highest BCUT2D eigenvalue weighted by Crippen LogP contribution is 2.33. The Hall–Kier alpha value is -3.86. The van der Waals surface area contributed by atoms with E-state index in [0.717, 1.165) is 23.6 Å². The van der Waals surface area contributed by atoms with Gasteiger partial charge in [-0.25, -0.2) is 0 Å². The van der Waals surface area contributed by atoms with Crippen molar-refractivity contribution in [3.63, 3.8) is 0 Å². The van der Waals surface area contributed by atoms with Crippen LogP contribution in [0.5, 0.6) is 5.75 Å². The van der Waals surface area contributed by atoms with Crippen molar-refractivity contribution >= 4 is 63.3 Å². The average molecular weight is 643 g/mol. The summed E-state index contributed by atoms with van der Waals surface area (Å²) in [7, 11) is 3.94. The van der Waals surface area contributed by atoms with E-state index < -0.39 is 11.8 Å². The number of carbonyl (C=O) groups is 4. The highest BCUT2D eigenvalue weighted by Gasteiger charge is 2.33. The van der Waals surface area contributed by atoms with Crippen LogP contribution >= 0.6 is 23.2 Å². The third-order valence-corrected chi connectivity index (χ3v) is 7.54. The van der Waals surface area contributed by atoms with Gasteiger partial charge in [-0.2, -0.15) is 0 Å². The van der Waals surface area contributed by atoms with Crippen molar-refractivity contribution in [2.24, 2.45) is 0 Å². The van der Waals surface area contributed by atoms with Gasteiger partial charge in [-0.15, -0.1) is 23.2 Å². The molecule has 0 fully saturated rings. The molecule has 44 heavy (non-hydrogen) atoms. The van der Waals surface area contributed by atoms with Crippen molar-refractivity contribution in [2.75, 3.05) is 76.6 Å². The lowest BCUT2D eigenvalue weighted by Crippen LogP contribution is -2.44. The fraction of sp³-hybridized carbons (Fsp3) is 0.375. The Morgan fingerprint density at radius 1 is 0.864 bits per heavy atom. The number of rotatable bonds is 16. The van der Waals surface area contributed by atoms with E-state index in [1.807, 2.05) is 36.0 Å². The number of hydrogen-bond acceptors (Lipinski definition) is 7. The molecule has 0 saturated carbocycles. The molecule has 10 nitrogen and oxygen atoms in total. The largest absolute Gasteiger partial charge is 0.484 e. The molecule has 0 aliphatic carbocycles. The van der Waals surface area contributed by atoms with Crippen LogP contribution in [0.3, 0.4) is 0 Å². The molecule has 0 radical (unpaired) electrons. The smallest absolute Gasteiger partial charge is 0.261 e. The van der Waals surface area contributed by atoms with E-state index in [1.54, 1.807) is 42.5 Å². The van der Waals surface area contributed by atoms with Crippen LogP contribution in [0.1, 0.15) is 37.5 Å². The van der Waals surface area contributed by atoms with E-state index in [0.29, 0.717) is 64.6 Å². The Morgan fingerprint density at radius 3 is 2.25 bits per heavy atom. The second-order valence-corrected chi connectivity index (χ2v) is 11.4. The van der Waals surface area contributed by atoms with Gasteiger partial charge in [0, 0.05) is 66.7 Å². The summed E-state index contributed by atoms with van der Waals surface area (Å²) in [5.74, 6) is -0.256. The second-order valence-electron chi connectivity index (χ2n) is 10.6. The number of alkyl halides is 2. The van der Waals surface area contributed by atoms with Gasteiger partial charge in [0.15, 0.2) is 6.61 Å². The first-order chi connectivity index (χ1) is 21.2. The van der Waals surface area contributed by atoms with Crippen molar-refractivity contribution in [3.05, 3.63) is 71.3 Å². The first kappa shape index (κ1) is 33.0. The molecule has 3 aromatic carbocycles. The van der Waals surface area contributed by atoms with E-state index in [1.165, 1.54) is 0 Å². The van der Waals surface area contributed by atoms with Gasteiger partial charge >= 0.3 is 0 Å². The van der Waals surface area contributed by atoms with Gasteiger partial charge < -0.3 is 25.2 Å². The number of nitrogens with zero attached hydrogens (tertiary/aromatic N) is 3.